The van der Waals surface area contributed by atoms with Gasteiger partial charge in [0.05, 0.1) is 19.2 Å². The van der Waals surface area contributed by atoms with Crippen LogP contribution in [0.2, 0.25) is 0 Å². The molecule has 4 rings (SSSR count). The maximum Gasteiger partial charge on any atom is 0.250 e. The number of carbonyl (C=O) groups excluding carboxylic acids is 2. The Hall–Kier alpha value is -3.88. The van der Waals surface area contributed by atoms with E-state index in [0.717, 1.165) is 23.3 Å². The van der Waals surface area contributed by atoms with Crippen molar-refractivity contribution in [3.05, 3.63) is 65.7 Å². The fourth-order valence-corrected chi connectivity index (χ4v) is 3.82. The average molecular weight is 434 g/mol. The number of nitrogens with one attached hydrogen (secondary N) is 2. The van der Waals surface area contributed by atoms with E-state index in [1.54, 1.807) is 11.8 Å². The minimum Gasteiger partial charge on any atom is -0.550 e. The van der Waals surface area contributed by atoms with E-state index in [0.29, 0.717) is 5.95 Å². The second-order valence-electron chi connectivity index (χ2n) is 7.61. The molecular formula is C23H24N5O4-. The molecular weight excluding hydrogens is 410 g/mol. The summed E-state index contributed by atoms with van der Waals surface area (Å²) in [7, 11) is 1.63. The smallest absolute Gasteiger partial charge is 0.250 e. The topological polar surface area (TPSA) is 121 Å². The molecule has 2 N–H and O–H groups in total. The molecule has 1 aliphatic rings. The van der Waals surface area contributed by atoms with Crippen molar-refractivity contribution < 1.29 is 19.4 Å². The molecule has 0 saturated heterocycles. The maximum atomic E-state index is 12.2. The lowest BCUT2D eigenvalue weighted by Gasteiger charge is -2.31. The molecule has 2 atom stereocenters. The number of hydrogen-bond acceptors (Lipinski definition) is 7. The zero-order chi connectivity index (χ0) is 22.5. The van der Waals surface area contributed by atoms with Crippen molar-refractivity contribution in [1.29, 1.82) is 0 Å². The number of nitrogens with zero attached hydrogens (tertiary/aromatic N) is 3. The molecule has 1 amide bonds. The molecule has 2 aromatic carbocycles. The van der Waals surface area contributed by atoms with Gasteiger partial charge in [-0.3, -0.25) is 10.1 Å². The first-order chi connectivity index (χ1) is 15.5. The minimum atomic E-state index is -1.17. The Morgan fingerprint density at radius 3 is 2.56 bits per heavy atom. The lowest BCUT2D eigenvalue weighted by atomic mass is 9.93. The highest BCUT2D eigenvalue weighted by molar-refractivity contribution is 5.89. The number of carbonyl (C=O) groups is 2. The molecule has 0 spiro atoms. The van der Waals surface area contributed by atoms with Crippen LogP contribution in [-0.4, -0.2) is 33.8 Å². The first-order valence-corrected chi connectivity index (χ1v) is 10.4. The largest absolute Gasteiger partial charge is 0.550 e. The highest BCUT2D eigenvalue weighted by atomic mass is 16.5. The molecule has 0 fully saturated rings. The van der Waals surface area contributed by atoms with E-state index < -0.39 is 5.97 Å². The zero-order valence-electron chi connectivity index (χ0n) is 17.7. The van der Waals surface area contributed by atoms with Gasteiger partial charge < -0.3 is 20.0 Å². The van der Waals surface area contributed by atoms with E-state index >= 15 is 0 Å². The summed E-state index contributed by atoms with van der Waals surface area (Å²) < 4.78 is 7.05. The number of aliphatic carboxylic acids is 1. The molecule has 1 aromatic heterocycles. The number of ether oxygens (including phenoxy) is 1. The Labute approximate surface area is 185 Å². The first kappa shape index (κ1) is 21.4. The van der Waals surface area contributed by atoms with Crippen LogP contribution in [0.5, 0.6) is 5.75 Å². The normalized spacial score (nSPS) is 17.2. The number of carboxylic acid groups (broad SMARTS) is 1. The van der Waals surface area contributed by atoms with Gasteiger partial charge in [0, 0.05) is 12.4 Å². The number of amides is 1. The molecule has 9 heteroatoms. The molecule has 32 heavy (non-hydrogen) atoms. The number of hydrogen-bond donors (Lipinski definition) is 2. The summed E-state index contributed by atoms with van der Waals surface area (Å²) in [6.45, 7) is 0. The third kappa shape index (κ3) is 4.88. The van der Waals surface area contributed by atoms with Crippen molar-refractivity contribution in [3.63, 3.8) is 0 Å². The van der Waals surface area contributed by atoms with Crippen LogP contribution in [0.25, 0.3) is 0 Å². The zero-order valence-corrected chi connectivity index (χ0v) is 17.7. The monoisotopic (exact) mass is 434 g/mol. The van der Waals surface area contributed by atoms with Gasteiger partial charge in [-0.05, 0) is 42.5 Å². The van der Waals surface area contributed by atoms with Gasteiger partial charge in [0.25, 0.3) is 5.95 Å². The standard InChI is InChI=1S/C23H25N5O4/c1-32-17-12-10-16(11-13-17)19-14-18(15-6-3-2-4-7-15)24-23-26-22(27-28(19)23)25-20(29)8-5-9-21(30)31/h2-4,6-7,10-13,18-19H,5,8-9,14H2,1H3,(H,30,31)(H2,24,25,26,27,29)/p-1/t18-,19-/m1/s1. The SMILES string of the molecule is COc1ccc([C@H]2C[C@H](c3ccccc3)Nc3nc(NC(=O)CCCC(=O)[O-])nn32)cc1. The van der Waals surface area contributed by atoms with Crippen LogP contribution in [-0.2, 0) is 9.59 Å². The lowest BCUT2D eigenvalue weighted by Crippen LogP contribution is -2.28. The van der Waals surface area contributed by atoms with E-state index in [2.05, 4.69) is 32.8 Å². The first-order valence-electron chi connectivity index (χ1n) is 10.4. The number of anilines is 2. The van der Waals surface area contributed by atoms with E-state index in [1.807, 2.05) is 42.5 Å². The highest BCUT2D eigenvalue weighted by Crippen LogP contribution is 2.38. The molecule has 1 aliphatic heterocycles. The van der Waals surface area contributed by atoms with Crippen LogP contribution in [0.15, 0.2) is 54.6 Å². The van der Waals surface area contributed by atoms with Gasteiger partial charge in [-0.1, -0.05) is 42.5 Å². The van der Waals surface area contributed by atoms with Crippen LogP contribution < -0.4 is 20.5 Å². The number of fused-ring (bicyclic) bond motifs is 1. The molecule has 0 bridgehead atoms. The van der Waals surface area contributed by atoms with Gasteiger partial charge in [-0.25, -0.2) is 4.68 Å². The van der Waals surface area contributed by atoms with Crippen LogP contribution >= 0.6 is 0 Å². The molecule has 0 unspecified atom stereocenters. The van der Waals surface area contributed by atoms with E-state index in [1.165, 1.54) is 0 Å². The van der Waals surface area contributed by atoms with Gasteiger partial charge in [-0.2, -0.15) is 4.98 Å². The summed E-state index contributed by atoms with van der Waals surface area (Å²) in [5.74, 6) is -0.0126. The predicted octanol–water partition coefficient (Wildman–Crippen LogP) is 2.29. The highest BCUT2D eigenvalue weighted by Gasteiger charge is 2.31. The maximum absolute atomic E-state index is 12.2. The van der Waals surface area contributed by atoms with Crippen molar-refractivity contribution in [1.82, 2.24) is 14.8 Å². The number of methoxy groups -OCH3 is 1. The van der Waals surface area contributed by atoms with Gasteiger partial charge in [-0.15, -0.1) is 5.10 Å². The lowest BCUT2D eigenvalue weighted by molar-refractivity contribution is -0.305. The summed E-state index contributed by atoms with van der Waals surface area (Å²) >= 11 is 0. The van der Waals surface area contributed by atoms with E-state index in [9.17, 15) is 14.7 Å². The fraction of sp³-hybridized carbons (Fsp3) is 0.304. The summed E-state index contributed by atoms with van der Waals surface area (Å²) in [4.78, 5) is 27.2. The quantitative estimate of drug-likeness (QED) is 0.558. The van der Waals surface area contributed by atoms with Crippen molar-refractivity contribution in [2.45, 2.75) is 37.8 Å². The van der Waals surface area contributed by atoms with Gasteiger partial charge in [0.15, 0.2) is 0 Å². The Kier molecular flexibility index (Phi) is 6.34. The summed E-state index contributed by atoms with van der Waals surface area (Å²) in [6.07, 6.45) is 0.830. The minimum absolute atomic E-state index is 0.0200. The van der Waals surface area contributed by atoms with E-state index in [4.69, 9.17) is 4.74 Å². The molecule has 3 aromatic rings. The van der Waals surface area contributed by atoms with Gasteiger partial charge in [0.2, 0.25) is 11.9 Å². The van der Waals surface area contributed by atoms with E-state index in [-0.39, 0.29) is 43.2 Å². The molecule has 0 radical (unpaired) electrons. The third-order valence-electron chi connectivity index (χ3n) is 5.43. The molecule has 166 valence electrons. The van der Waals surface area contributed by atoms with Crippen molar-refractivity contribution in [3.8, 4) is 5.75 Å². The number of carboxylic acids is 1. The molecule has 0 saturated carbocycles. The second-order valence-corrected chi connectivity index (χ2v) is 7.61. The summed E-state index contributed by atoms with van der Waals surface area (Å²) in [6, 6.07) is 17.8. The van der Waals surface area contributed by atoms with Crippen LogP contribution in [0.4, 0.5) is 11.9 Å². The number of rotatable bonds is 8. The Bertz CT molecular complexity index is 1080. The Morgan fingerprint density at radius 2 is 1.88 bits per heavy atom. The van der Waals surface area contributed by atoms with Crippen molar-refractivity contribution in [2.24, 2.45) is 0 Å². The van der Waals surface area contributed by atoms with Crippen LogP contribution in [0.3, 0.4) is 0 Å². The molecule has 0 aliphatic carbocycles. The van der Waals surface area contributed by atoms with Gasteiger partial charge >= 0.3 is 0 Å². The third-order valence-corrected chi connectivity index (χ3v) is 5.43. The van der Waals surface area contributed by atoms with Crippen molar-refractivity contribution in [2.75, 3.05) is 17.7 Å². The molecule has 9 nitrogen and oxygen atoms in total. The fourth-order valence-electron chi connectivity index (χ4n) is 3.82. The summed E-state index contributed by atoms with van der Waals surface area (Å²) in [5.41, 5.74) is 2.18. The predicted molar refractivity (Wildman–Crippen MR) is 116 cm³/mol. The number of benzene rings is 2. The van der Waals surface area contributed by atoms with Gasteiger partial charge in [0.1, 0.15) is 5.75 Å². The number of aromatic nitrogens is 3. The second kappa shape index (κ2) is 9.51. The summed E-state index contributed by atoms with van der Waals surface area (Å²) in [5, 5.41) is 21.1. The van der Waals surface area contributed by atoms with Crippen LogP contribution in [0, 0.1) is 0 Å². The Balaban J connectivity index is 1.59. The van der Waals surface area contributed by atoms with Crippen molar-refractivity contribution >= 4 is 23.8 Å². The van der Waals surface area contributed by atoms with Crippen LogP contribution in [0.1, 0.15) is 48.9 Å². The Morgan fingerprint density at radius 1 is 1.12 bits per heavy atom. The molecule has 2 heterocycles. The average Bonchev–Trinajstić information content (AvgIpc) is 3.21.